The van der Waals surface area contributed by atoms with Gasteiger partial charge in [-0.3, -0.25) is 10.0 Å². The van der Waals surface area contributed by atoms with E-state index in [-0.39, 0.29) is 0 Å². The standard InChI is InChI=1S/C24H26N2O3/c1-26(2)16-18(14-17-10-12-20(13-11-17)24(28)25-29)15-23(27)22-9-5-7-19-6-3-4-8-21(19)22/h3-14,23,27,29H,15-16H2,1-2H3,(H,25,28). The molecule has 1 atom stereocenters. The Morgan fingerprint density at radius 1 is 1.03 bits per heavy atom. The summed E-state index contributed by atoms with van der Waals surface area (Å²) in [6.07, 6.45) is 1.92. The molecule has 1 amide bonds. The molecular weight excluding hydrogens is 364 g/mol. The minimum Gasteiger partial charge on any atom is -0.388 e. The largest absolute Gasteiger partial charge is 0.388 e. The molecule has 3 N–H and O–H groups in total. The van der Waals surface area contributed by atoms with Crippen LogP contribution >= 0.6 is 0 Å². The predicted molar refractivity (Wildman–Crippen MR) is 116 cm³/mol. The second-order valence-electron chi connectivity index (χ2n) is 7.39. The van der Waals surface area contributed by atoms with Gasteiger partial charge in [0.2, 0.25) is 0 Å². The van der Waals surface area contributed by atoms with E-state index in [2.05, 4.69) is 4.90 Å². The monoisotopic (exact) mass is 390 g/mol. The van der Waals surface area contributed by atoms with Crippen molar-refractivity contribution in [3.05, 3.63) is 89.0 Å². The Morgan fingerprint density at radius 3 is 2.41 bits per heavy atom. The first-order valence-electron chi connectivity index (χ1n) is 9.52. The third-order valence-electron chi connectivity index (χ3n) is 4.80. The lowest BCUT2D eigenvalue weighted by molar-refractivity contribution is 0.0706. The molecule has 5 nitrogen and oxygen atoms in total. The van der Waals surface area contributed by atoms with E-state index in [9.17, 15) is 9.90 Å². The molecule has 0 spiro atoms. The number of nitrogens with zero attached hydrogens (tertiary/aromatic N) is 1. The second kappa shape index (κ2) is 9.47. The molecule has 0 aliphatic carbocycles. The lowest BCUT2D eigenvalue weighted by Crippen LogP contribution is -2.18. The number of likely N-dealkylation sites (N-methyl/N-ethyl adjacent to an activating group) is 1. The van der Waals surface area contributed by atoms with Crippen molar-refractivity contribution in [2.75, 3.05) is 20.6 Å². The Morgan fingerprint density at radius 2 is 1.72 bits per heavy atom. The van der Waals surface area contributed by atoms with Crippen molar-refractivity contribution in [1.29, 1.82) is 0 Å². The molecule has 5 heteroatoms. The molecule has 150 valence electrons. The van der Waals surface area contributed by atoms with E-state index in [1.807, 2.05) is 74.8 Å². The molecule has 29 heavy (non-hydrogen) atoms. The number of fused-ring (bicyclic) bond motifs is 1. The van der Waals surface area contributed by atoms with Gasteiger partial charge in [0, 0.05) is 18.5 Å². The zero-order chi connectivity index (χ0) is 20.8. The van der Waals surface area contributed by atoms with Crippen LogP contribution in [0, 0.1) is 0 Å². The van der Waals surface area contributed by atoms with Crippen molar-refractivity contribution in [2.24, 2.45) is 0 Å². The van der Waals surface area contributed by atoms with Gasteiger partial charge in [-0.2, -0.15) is 0 Å². The Bertz CT molecular complexity index is 1000. The number of carbonyl (C=O) groups excluding carboxylic acids is 1. The quantitative estimate of drug-likeness (QED) is 0.421. The molecule has 0 radical (unpaired) electrons. The molecule has 1 unspecified atom stereocenters. The fraction of sp³-hybridized carbons (Fsp3) is 0.208. The van der Waals surface area contributed by atoms with Crippen LogP contribution in [0.4, 0.5) is 0 Å². The van der Waals surface area contributed by atoms with Crippen LogP contribution in [-0.4, -0.2) is 41.8 Å². The van der Waals surface area contributed by atoms with Crippen molar-refractivity contribution >= 4 is 22.8 Å². The number of aliphatic hydroxyl groups excluding tert-OH is 1. The zero-order valence-corrected chi connectivity index (χ0v) is 16.7. The topological polar surface area (TPSA) is 72.8 Å². The van der Waals surface area contributed by atoms with Crippen LogP contribution < -0.4 is 5.48 Å². The van der Waals surface area contributed by atoms with Crippen molar-refractivity contribution in [2.45, 2.75) is 12.5 Å². The van der Waals surface area contributed by atoms with E-state index in [1.165, 1.54) is 0 Å². The summed E-state index contributed by atoms with van der Waals surface area (Å²) in [6, 6.07) is 21.0. The Balaban J connectivity index is 1.86. The van der Waals surface area contributed by atoms with Gasteiger partial charge in [0.25, 0.3) is 5.91 Å². The van der Waals surface area contributed by atoms with Crippen LogP contribution in [0.5, 0.6) is 0 Å². The van der Waals surface area contributed by atoms with Gasteiger partial charge >= 0.3 is 0 Å². The Hall–Kier alpha value is -2.99. The highest BCUT2D eigenvalue weighted by Crippen LogP contribution is 2.29. The van der Waals surface area contributed by atoms with Crippen LogP contribution in [-0.2, 0) is 0 Å². The third kappa shape index (κ3) is 5.29. The maximum absolute atomic E-state index is 11.5. The van der Waals surface area contributed by atoms with Gasteiger partial charge in [-0.1, -0.05) is 66.2 Å². The van der Waals surface area contributed by atoms with Crippen molar-refractivity contribution in [3.8, 4) is 0 Å². The molecular formula is C24H26N2O3. The summed E-state index contributed by atoms with van der Waals surface area (Å²) in [5.41, 5.74) is 4.95. The minimum absolute atomic E-state index is 0.384. The van der Waals surface area contributed by atoms with E-state index in [4.69, 9.17) is 5.21 Å². The van der Waals surface area contributed by atoms with Crippen molar-refractivity contribution < 1.29 is 15.1 Å². The molecule has 0 aromatic heterocycles. The van der Waals surface area contributed by atoms with Crippen LogP contribution in [0.15, 0.2) is 72.3 Å². The predicted octanol–water partition coefficient (Wildman–Crippen LogP) is 4.03. The molecule has 3 rings (SSSR count). The van der Waals surface area contributed by atoms with Crippen molar-refractivity contribution in [1.82, 2.24) is 10.4 Å². The third-order valence-corrected chi connectivity index (χ3v) is 4.80. The molecule has 3 aromatic carbocycles. The summed E-state index contributed by atoms with van der Waals surface area (Å²) in [5.74, 6) is -0.541. The molecule has 0 fully saturated rings. The molecule has 0 saturated carbocycles. The van der Waals surface area contributed by atoms with E-state index < -0.39 is 12.0 Å². The molecule has 0 saturated heterocycles. The average Bonchev–Trinajstić information content (AvgIpc) is 2.72. The van der Waals surface area contributed by atoms with Gasteiger partial charge in [-0.25, -0.2) is 5.48 Å². The first-order valence-corrected chi connectivity index (χ1v) is 9.52. The number of hydrogen-bond donors (Lipinski definition) is 3. The fourth-order valence-corrected chi connectivity index (χ4v) is 3.51. The lowest BCUT2D eigenvalue weighted by atomic mass is 9.95. The van der Waals surface area contributed by atoms with Gasteiger partial charge in [-0.15, -0.1) is 0 Å². The van der Waals surface area contributed by atoms with Crippen molar-refractivity contribution in [3.63, 3.8) is 0 Å². The summed E-state index contributed by atoms with van der Waals surface area (Å²) in [6.45, 7) is 0.709. The Labute approximate surface area is 170 Å². The SMILES string of the molecule is CN(C)CC(=Cc1ccc(C(=O)NO)cc1)CC(O)c1cccc2ccccc12. The fourth-order valence-electron chi connectivity index (χ4n) is 3.51. The summed E-state index contributed by atoms with van der Waals surface area (Å²) in [5, 5.41) is 21.9. The minimum atomic E-state index is -0.619. The maximum atomic E-state index is 11.5. The Kier molecular flexibility index (Phi) is 6.77. The molecule has 0 heterocycles. The van der Waals surface area contributed by atoms with Gasteiger partial charge < -0.3 is 10.0 Å². The normalized spacial score (nSPS) is 12.9. The van der Waals surface area contributed by atoms with E-state index >= 15 is 0 Å². The molecule has 0 bridgehead atoms. The number of rotatable bonds is 7. The number of benzene rings is 3. The van der Waals surface area contributed by atoms with E-state index in [1.54, 1.807) is 17.6 Å². The zero-order valence-electron chi connectivity index (χ0n) is 16.7. The smallest absolute Gasteiger partial charge is 0.274 e. The highest BCUT2D eigenvalue weighted by atomic mass is 16.5. The average molecular weight is 390 g/mol. The van der Waals surface area contributed by atoms with Gasteiger partial charge in [0.15, 0.2) is 0 Å². The molecule has 0 aliphatic rings. The maximum Gasteiger partial charge on any atom is 0.274 e. The van der Waals surface area contributed by atoms with Gasteiger partial charge in [0.05, 0.1) is 6.10 Å². The highest BCUT2D eigenvalue weighted by Gasteiger charge is 2.14. The number of hydroxylamine groups is 1. The summed E-state index contributed by atoms with van der Waals surface area (Å²) in [4.78, 5) is 13.6. The number of carbonyl (C=O) groups is 1. The van der Waals surface area contributed by atoms with Crippen LogP contribution in [0.3, 0.4) is 0 Å². The highest BCUT2D eigenvalue weighted by molar-refractivity contribution is 5.93. The van der Waals surface area contributed by atoms with E-state index in [0.29, 0.717) is 18.5 Å². The summed E-state index contributed by atoms with van der Waals surface area (Å²) in [7, 11) is 3.99. The van der Waals surface area contributed by atoms with E-state index in [0.717, 1.165) is 27.5 Å². The van der Waals surface area contributed by atoms with Crippen LogP contribution in [0.25, 0.3) is 16.8 Å². The summed E-state index contributed by atoms with van der Waals surface area (Å²) >= 11 is 0. The van der Waals surface area contributed by atoms with Gasteiger partial charge in [0.1, 0.15) is 0 Å². The number of aliphatic hydroxyl groups is 1. The lowest BCUT2D eigenvalue weighted by Gasteiger charge is -2.19. The molecule has 3 aromatic rings. The molecule has 0 aliphatic heterocycles. The van der Waals surface area contributed by atoms with Crippen LogP contribution in [0.2, 0.25) is 0 Å². The number of amides is 1. The van der Waals surface area contributed by atoms with Crippen LogP contribution in [0.1, 0.15) is 34.0 Å². The van der Waals surface area contributed by atoms with Gasteiger partial charge in [-0.05, 0) is 48.1 Å². The summed E-state index contributed by atoms with van der Waals surface area (Å²) < 4.78 is 0. The number of hydrogen-bond acceptors (Lipinski definition) is 4. The second-order valence-corrected chi connectivity index (χ2v) is 7.39. The first kappa shape index (κ1) is 20.7. The first-order chi connectivity index (χ1) is 14.0. The number of nitrogens with one attached hydrogen (secondary N) is 1.